The zero-order chi connectivity index (χ0) is 13.8. The van der Waals surface area contributed by atoms with Crippen LogP contribution in [0.4, 0.5) is 11.4 Å². The maximum Gasteiger partial charge on any atom is 0.168 e. The van der Waals surface area contributed by atoms with Crippen LogP contribution in [0.25, 0.3) is 0 Å². The van der Waals surface area contributed by atoms with E-state index in [0.29, 0.717) is 41.9 Å². The summed E-state index contributed by atoms with van der Waals surface area (Å²) < 4.78 is 0. The molecular formula is C15H18N2O2. The number of nitrogens with zero attached hydrogens (tertiary/aromatic N) is 1. The molecule has 2 rings (SSSR count). The average Bonchev–Trinajstić information content (AvgIpc) is 2.41. The van der Waals surface area contributed by atoms with Gasteiger partial charge in [-0.25, -0.2) is 0 Å². The van der Waals surface area contributed by atoms with E-state index in [1.54, 1.807) is 6.07 Å². The topological polar surface area (TPSA) is 75.7 Å². The van der Waals surface area contributed by atoms with E-state index in [-0.39, 0.29) is 11.5 Å². The van der Waals surface area contributed by atoms with Gasteiger partial charge < -0.3 is 10.8 Å². The van der Waals surface area contributed by atoms with Crippen molar-refractivity contribution in [1.82, 2.24) is 0 Å². The van der Waals surface area contributed by atoms with Gasteiger partial charge in [-0.1, -0.05) is 19.1 Å². The van der Waals surface area contributed by atoms with Crippen molar-refractivity contribution in [2.24, 2.45) is 4.99 Å². The summed E-state index contributed by atoms with van der Waals surface area (Å²) in [6, 6.07) is 7.27. The monoisotopic (exact) mass is 258 g/mol. The number of para-hydroxylation sites is 2. The molecule has 0 unspecified atom stereocenters. The number of allylic oxidation sites excluding steroid dienone is 2. The third-order valence-corrected chi connectivity index (χ3v) is 3.20. The molecule has 100 valence electrons. The Morgan fingerprint density at radius 1 is 1.37 bits per heavy atom. The summed E-state index contributed by atoms with van der Waals surface area (Å²) in [5, 5.41) is 9.92. The second-order valence-electron chi connectivity index (χ2n) is 4.57. The number of aliphatic hydroxyl groups excluding tert-OH is 1. The molecule has 19 heavy (non-hydrogen) atoms. The Bertz CT molecular complexity index is 559. The third-order valence-electron chi connectivity index (χ3n) is 3.20. The number of carbonyl (C=O) groups is 1. The summed E-state index contributed by atoms with van der Waals surface area (Å²) in [5.41, 5.74) is 8.11. The van der Waals surface area contributed by atoms with Crippen LogP contribution in [0.15, 0.2) is 40.6 Å². The number of hydrogen-bond acceptors (Lipinski definition) is 4. The Morgan fingerprint density at radius 3 is 2.79 bits per heavy atom. The zero-order valence-corrected chi connectivity index (χ0v) is 11.0. The first-order valence-electron chi connectivity index (χ1n) is 6.51. The standard InChI is InChI=1S/C15H18N2O2/c1-2-13(18)15-12(8-5-9-14(15)19)17-11-7-4-3-6-10(11)16/h3-4,6-7,18H,2,5,8-9,16H2,1H3/b15-13+,17-12?. The molecule has 0 aromatic heterocycles. The van der Waals surface area contributed by atoms with Crippen LogP contribution in [0.3, 0.4) is 0 Å². The van der Waals surface area contributed by atoms with Gasteiger partial charge >= 0.3 is 0 Å². The Morgan fingerprint density at radius 2 is 2.11 bits per heavy atom. The van der Waals surface area contributed by atoms with Gasteiger partial charge in [0.2, 0.25) is 0 Å². The van der Waals surface area contributed by atoms with E-state index in [9.17, 15) is 9.90 Å². The van der Waals surface area contributed by atoms with Crippen molar-refractivity contribution in [2.75, 3.05) is 5.73 Å². The fraction of sp³-hybridized carbons (Fsp3) is 0.333. The van der Waals surface area contributed by atoms with Crippen LogP contribution in [-0.4, -0.2) is 16.6 Å². The smallest absolute Gasteiger partial charge is 0.168 e. The van der Waals surface area contributed by atoms with Crippen molar-refractivity contribution in [3.8, 4) is 0 Å². The zero-order valence-electron chi connectivity index (χ0n) is 11.0. The lowest BCUT2D eigenvalue weighted by Crippen LogP contribution is -2.21. The first-order valence-corrected chi connectivity index (χ1v) is 6.51. The molecule has 4 nitrogen and oxygen atoms in total. The summed E-state index contributed by atoms with van der Waals surface area (Å²) in [7, 11) is 0. The van der Waals surface area contributed by atoms with Crippen molar-refractivity contribution in [1.29, 1.82) is 0 Å². The predicted molar refractivity (Wildman–Crippen MR) is 76.8 cm³/mol. The molecule has 1 aromatic carbocycles. The average molecular weight is 258 g/mol. The van der Waals surface area contributed by atoms with Crippen molar-refractivity contribution in [3.63, 3.8) is 0 Å². The largest absolute Gasteiger partial charge is 0.512 e. The molecule has 1 aliphatic carbocycles. The van der Waals surface area contributed by atoms with Crippen LogP contribution in [0.2, 0.25) is 0 Å². The number of hydrogen-bond donors (Lipinski definition) is 2. The first kappa shape index (κ1) is 13.3. The maximum absolute atomic E-state index is 12.0. The quantitative estimate of drug-likeness (QED) is 0.485. The summed E-state index contributed by atoms with van der Waals surface area (Å²) in [5.74, 6) is 0.0943. The highest BCUT2D eigenvalue weighted by molar-refractivity contribution is 6.24. The minimum Gasteiger partial charge on any atom is -0.512 e. The fourth-order valence-corrected chi connectivity index (χ4v) is 2.18. The number of Topliss-reactive ketones (excluding diaryl/α,β-unsaturated/α-hetero) is 1. The van der Waals surface area contributed by atoms with E-state index < -0.39 is 0 Å². The summed E-state index contributed by atoms with van der Waals surface area (Å²) in [6.45, 7) is 1.82. The maximum atomic E-state index is 12.0. The number of anilines is 1. The van der Waals surface area contributed by atoms with Crippen molar-refractivity contribution < 1.29 is 9.90 Å². The SMILES string of the molecule is CC/C(O)=C1\C(=O)CCCC1=Nc1ccccc1N. The highest BCUT2D eigenvalue weighted by Gasteiger charge is 2.24. The van der Waals surface area contributed by atoms with Crippen molar-refractivity contribution in [2.45, 2.75) is 32.6 Å². The number of rotatable bonds is 2. The van der Waals surface area contributed by atoms with Crippen LogP contribution in [0.5, 0.6) is 0 Å². The highest BCUT2D eigenvalue weighted by atomic mass is 16.3. The van der Waals surface area contributed by atoms with Crippen molar-refractivity contribution >= 4 is 22.9 Å². The Kier molecular flexibility index (Phi) is 4.00. The number of benzene rings is 1. The fourth-order valence-electron chi connectivity index (χ4n) is 2.18. The molecule has 0 heterocycles. The first-order chi connectivity index (χ1) is 9.13. The normalized spacial score (nSPS) is 20.7. The number of ketones is 1. The molecular weight excluding hydrogens is 240 g/mol. The summed E-state index contributed by atoms with van der Waals surface area (Å²) >= 11 is 0. The van der Waals surface area contributed by atoms with Gasteiger partial charge in [0, 0.05) is 12.8 Å². The molecule has 0 spiro atoms. The molecule has 0 saturated heterocycles. The van der Waals surface area contributed by atoms with E-state index in [4.69, 9.17) is 5.73 Å². The number of nitrogen functional groups attached to an aromatic ring is 1. The minimum absolute atomic E-state index is 0.0288. The number of aliphatic imine (C=N–C) groups is 1. The lowest BCUT2D eigenvalue weighted by molar-refractivity contribution is -0.115. The summed E-state index contributed by atoms with van der Waals surface area (Å²) in [6.07, 6.45) is 2.37. The summed E-state index contributed by atoms with van der Waals surface area (Å²) in [4.78, 5) is 16.4. The van der Waals surface area contributed by atoms with E-state index in [1.165, 1.54) is 0 Å². The molecule has 0 aliphatic heterocycles. The number of nitrogens with two attached hydrogens (primary N) is 1. The van der Waals surface area contributed by atoms with Crippen LogP contribution in [0, 0.1) is 0 Å². The molecule has 4 heteroatoms. The van der Waals surface area contributed by atoms with Gasteiger partial charge in [0.15, 0.2) is 5.78 Å². The Balaban J connectivity index is 2.47. The van der Waals surface area contributed by atoms with Crippen LogP contribution < -0.4 is 5.73 Å². The second-order valence-corrected chi connectivity index (χ2v) is 4.57. The van der Waals surface area contributed by atoms with E-state index in [0.717, 1.165) is 6.42 Å². The van der Waals surface area contributed by atoms with Gasteiger partial charge in [-0.15, -0.1) is 0 Å². The van der Waals surface area contributed by atoms with E-state index in [2.05, 4.69) is 4.99 Å². The van der Waals surface area contributed by atoms with Gasteiger partial charge in [0.1, 0.15) is 5.76 Å². The van der Waals surface area contributed by atoms with Crippen LogP contribution >= 0.6 is 0 Å². The molecule has 0 amide bonds. The lowest BCUT2D eigenvalue weighted by atomic mass is 9.90. The molecule has 0 bridgehead atoms. The molecule has 1 fully saturated rings. The molecule has 1 aliphatic rings. The van der Waals surface area contributed by atoms with Gasteiger partial charge in [-0.2, -0.15) is 0 Å². The van der Waals surface area contributed by atoms with E-state index in [1.807, 2.05) is 25.1 Å². The van der Waals surface area contributed by atoms with E-state index >= 15 is 0 Å². The van der Waals surface area contributed by atoms with Gasteiger partial charge in [-0.3, -0.25) is 9.79 Å². The Hall–Kier alpha value is -2.10. The van der Waals surface area contributed by atoms with Gasteiger partial charge in [0.05, 0.1) is 22.7 Å². The van der Waals surface area contributed by atoms with Crippen molar-refractivity contribution in [3.05, 3.63) is 35.6 Å². The van der Waals surface area contributed by atoms with Gasteiger partial charge in [0.25, 0.3) is 0 Å². The number of carbonyl (C=O) groups excluding carboxylic acids is 1. The van der Waals surface area contributed by atoms with Gasteiger partial charge in [-0.05, 0) is 25.0 Å². The molecule has 1 aromatic rings. The Labute approximate surface area is 112 Å². The lowest BCUT2D eigenvalue weighted by Gasteiger charge is -2.17. The minimum atomic E-state index is -0.0288. The molecule has 0 atom stereocenters. The molecule has 0 radical (unpaired) electrons. The number of aliphatic hydroxyl groups is 1. The second kappa shape index (κ2) is 5.69. The van der Waals surface area contributed by atoms with Crippen LogP contribution in [0.1, 0.15) is 32.6 Å². The molecule has 3 N–H and O–H groups in total. The molecule has 1 saturated carbocycles. The third kappa shape index (κ3) is 2.84. The highest BCUT2D eigenvalue weighted by Crippen LogP contribution is 2.27. The van der Waals surface area contributed by atoms with Crippen LogP contribution in [-0.2, 0) is 4.79 Å². The predicted octanol–water partition coefficient (Wildman–Crippen LogP) is 3.32.